The number of carbonyl (C=O) groups is 1. The summed E-state index contributed by atoms with van der Waals surface area (Å²) in [5.41, 5.74) is 0.952. The SMILES string of the molecule is O=Cc1c[nH]c2nccc(O)c12. The van der Waals surface area contributed by atoms with Crippen molar-refractivity contribution < 1.29 is 9.90 Å². The molecule has 0 atom stereocenters. The van der Waals surface area contributed by atoms with Gasteiger partial charge in [-0.2, -0.15) is 0 Å². The molecule has 0 aliphatic heterocycles. The lowest BCUT2D eigenvalue weighted by Crippen LogP contribution is -1.78. The van der Waals surface area contributed by atoms with Gasteiger partial charge in [-0.25, -0.2) is 4.98 Å². The summed E-state index contributed by atoms with van der Waals surface area (Å²) in [5, 5.41) is 9.83. The van der Waals surface area contributed by atoms with Crippen LogP contribution in [0.5, 0.6) is 5.75 Å². The Kier molecular flexibility index (Phi) is 1.33. The standard InChI is InChI=1S/C8H6N2O2/c11-4-5-3-10-8-7(5)6(12)1-2-9-8/h1-4H,(H2,9,10,12). The second kappa shape index (κ2) is 2.34. The van der Waals surface area contributed by atoms with E-state index >= 15 is 0 Å². The van der Waals surface area contributed by atoms with Crippen LogP contribution in [-0.4, -0.2) is 21.4 Å². The zero-order valence-electron chi connectivity index (χ0n) is 6.11. The number of H-pyrrole nitrogens is 1. The summed E-state index contributed by atoms with van der Waals surface area (Å²) in [4.78, 5) is 17.2. The van der Waals surface area contributed by atoms with E-state index in [1.807, 2.05) is 0 Å². The maximum Gasteiger partial charge on any atom is 0.152 e. The molecule has 0 spiro atoms. The summed E-state index contributed by atoms with van der Waals surface area (Å²) in [7, 11) is 0. The fourth-order valence-electron chi connectivity index (χ4n) is 1.16. The average molecular weight is 162 g/mol. The molecule has 0 bridgehead atoms. The molecule has 0 aliphatic rings. The number of fused-ring (bicyclic) bond motifs is 1. The Morgan fingerprint density at radius 2 is 2.42 bits per heavy atom. The Bertz CT molecular complexity index is 434. The Morgan fingerprint density at radius 1 is 1.58 bits per heavy atom. The molecular weight excluding hydrogens is 156 g/mol. The molecule has 0 saturated carbocycles. The number of nitrogens with one attached hydrogen (secondary N) is 1. The summed E-state index contributed by atoms with van der Waals surface area (Å²) < 4.78 is 0. The molecule has 60 valence electrons. The molecule has 0 aliphatic carbocycles. The van der Waals surface area contributed by atoms with Gasteiger partial charge in [-0.3, -0.25) is 4.79 Å². The minimum atomic E-state index is 0.0725. The highest BCUT2D eigenvalue weighted by Crippen LogP contribution is 2.24. The Labute approximate surface area is 67.9 Å². The third-order valence-corrected chi connectivity index (χ3v) is 1.71. The Hall–Kier alpha value is -1.84. The van der Waals surface area contributed by atoms with Crippen molar-refractivity contribution in [1.82, 2.24) is 9.97 Å². The zero-order chi connectivity index (χ0) is 8.55. The number of aldehydes is 1. The van der Waals surface area contributed by atoms with Crippen molar-refractivity contribution >= 4 is 17.3 Å². The Morgan fingerprint density at radius 3 is 3.17 bits per heavy atom. The van der Waals surface area contributed by atoms with E-state index in [4.69, 9.17) is 0 Å². The van der Waals surface area contributed by atoms with E-state index in [1.165, 1.54) is 18.5 Å². The lowest BCUT2D eigenvalue weighted by molar-refractivity contribution is 0.112. The average Bonchev–Trinajstić information content (AvgIpc) is 2.49. The zero-order valence-corrected chi connectivity index (χ0v) is 6.11. The predicted molar refractivity (Wildman–Crippen MR) is 43.1 cm³/mol. The summed E-state index contributed by atoms with van der Waals surface area (Å²) in [6.07, 6.45) is 3.67. The van der Waals surface area contributed by atoms with E-state index < -0.39 is 0 Å². The molecule has 0 amide bonds. The lowest BCUT2D eigenvalue weighted by atomic mass is 10.2. The highest BCUT2D eigenvalue weighted by atomic mass is 16.3. The Balaban J connectivity index is 2.91. The lowest BCUT2D eigenvalue weighted by Gasteiger charge is -1.92. The number of pyridine rings is 1. The summed E-state index contributed by atoms with van der Waals surface area (Å²) in [5.74, 6) is 0.0725. The van der Waals surface area contributed by atoms with Crippen LogP contribution in [0, 0.1) is 0 Å². The largest absolute Gasteiger partial charge is 0.507 e. The van der Waals surface area contributed by atoms with Gasteiger partial charge in [0.25, 0.3) is 0 Å². The van der Waals surface area contributed by atoms with Gasteiger partial charge < -0.3 is 10.1 Å². The molecule has 2 heterocycles. The van der Waals surface area contributed by atoms with E-state index in [0.717, 1.165) is 0 Å². The summed E-state index contributed by atoms with van der Waals surface area (Å²) >= 11 is 0. The van der Waals surface area contributed by atoms with Crippen LogP contribution < -0.4 is 0 Å². The first-order valence-electron chi connectivity index (χ1n) is 3.43. The van der Waals surface area contributed by atoms with Gasteiger partial charge in [0.05, 0.1) is 5.39 Å². The molecule has 2 aromatic heterocycles. The van der Waals surface area contributed by atoms with Crippen molar-refractivity contribution in [2.75, 3.05) is 0 Å². The fourth-order valence-corrected chi connectivity index (χ4v) is 1.16. The van der Waals surface area contributed by atoms with Gasteiger partial charge in [0.2, 0.25) is 0 Å². The van der Waals surface area contributed by atoms with Gasteiger partial charge in [-0.1, -0.05) is 0 Å². The minimum absolute atomic E-state index is 0.0725. The second-order valence-corrected chi connectivity index (χ2v) is 2.42. The topological polar surface area (TPSA) is 66.0 Å². The molecular formula is C8H6N2O2. The van der Waals surface area contributed by atoms with Crippen LogP contribution in [0.3, 0.4) is 0 Å². The van der Waals surface area contributed by atoms with Crippen LogP contribution in [0.4, 0.5) is 0 Å². The van der Waals surface area contributed by atoms with Crippen LogP contribution in [-0.2, 0) is 0 Å². The van der Waals surface area contributed by atoms with Gasteiger partial charge in [-0.05, 0) is 6.07 Å². The monoisotopic (exact) mass is 162 g/mol. The van der Waals surface area contributed by atoms with Crippen molar-refractivity contribution in [3.8, 4) is 5.75 Å². The molecule has 4 heteroatoms. The molecule has 0 unspecified atom stereocenters. The first-order valence-corrected chi connectivity index (χ1v) is 3.43. The van der Waals surface area contributed by atoms with Crippen LogP contribution in [0.25, 0.3) is 11.0 Å². The number of carbonyl (C=O) groups excluding carboxylic acids is 1. The molecule has 4 nitrogen and oxygen atoms in total. The number of rotatable bonds is 1. The van der Waals surface area contributed by atoms with Crippen molar-refractivity contribution in [3.63, 3.8) is 0 Å². The molecule has 12 heavy (non-hydrogen) atoms. The van der Waals surface area contributed by atoms with Crippen molar-refractivity contribution in [1.29, 1.82) is 0 Å². The number of aromatic nitrogens is 2. The highest BCUT2D eigenvalue weighted by molar-refractivity contribution is 5.98. The van der Waals surface area contributed by atoms with Gasteiger partial charge >= 0.3 is 0 Å². The van der Waals surface area contributed by atoms with E-state index in [2.05, 4.69) is 9.97 Å². The third-order valence-electron chi connectivity index (χ3n) is 1.71. The van der Waals surface area contributed by atoms with Crippen LogP contribution in [0.2, 0.25) is 0 Å². The first kappa shape index (κ1) is 6.84. The van der Waals surface area contributed by atoms with Gasteiger partial charge in [0.15, 0.2) is 6.29 Å². The molecule has 2 N–H and O–H groups in total. The number of aromatic amines is 1. The highest BCUT2D eigenvalue weighted by Gasteiger charge is 2.06. The first-order chi connectivity index (χ1) is 5.83. The van der Waals surface area contributed by atoms with Gasteiger partial charge in [0, 0.05) is 18.0 Å². The molecule has 0 radical (unpaired) electrons. The van der Waals surface area contributed by atoms with Crippen LogP contribution in [0.15, 0.2) is 18.5 Å². The summed E-state index contributed by atoms with van der Waals surface area (Å²) in [6.45, 7) is 0. The molecule has 2 rings (SSSR count). The van der Waals surface area contributed by atoms with E-state index in [9.17, 15) is 9.90 Å². The van der Waals surface area contributed by atoms with Crippen molar-refractivity contribution in [2.24, 2.45) is 0 Å². The number of aromatic hydroxyl groups is 1. The molecule has 0 aromatic carbocycles. The second-order valence-electron chi connectivity index (χ2n) is 2.42. The van der Waals surface area contributed by atoms with Crippen LogP contribution in [0.1, 0.15) is 10.4 Å². The fraction of sp³-hybridized carbons (Fsp3) is 0. The van der Waals surface area contributed by atoms with Crippen molar-refractivity contribution in [3.05, 3.63) is 24.0 Å². The van der Waals surface area contributed by atoms with Gasteiger partial charge in [0.1, 0.15) is 11.4 Å². The number of hydrogen-bond donors (Lipinski definition) is 2. The van der Waals surface area contributed by atoms with Gasteiger partial charge in [-0.15, -0.1) is 0 Å². The van der Waals surface area contributed by atoms with E-state index in [-0.39, 0.29) is 5.75 Å². The maximum absolute atomic E-state index is 10.5. The summed E-state index contributed by atoms with van der Waals surface area (Å²) in [6, 6.07) is 1.45. The predicted octanol–water partition coefficient (Wildman–Crippen LogP) is 1.08. The molecule has 2 aromatic rings. The minimum Gasteiger partial charge on any atom is -0.507 e. The number of nitrogens with zero attached hydrogens (tertiary/aromatic N) is 1. The smallest absolute Gasteiger partial charge is 0.152 e. The maximum atomic E-state index is 10.5. The van der Waals surface area contributed by atoms with Crippen molar-refractivity contribution in [2.45, 2.75) is 0 Å². The normalized spacial score (nSPS) is 10.3. The van der Waals surface area contributed by atoms with E-state index in [0.29, 0.717) is 22.9 Å². The molecule has 0 fully saturated rings. The quantitative estimate of drug-likeness (QED) is 0.616. The third kappa shape index (κ3) is 0.780. The molecule has 0 saturated heterocycles. The van der Waals surface area contributed by atoms with E-state index in [1.54, 1.807) is 0 Å². The van der Waals surface area contributed by atoms with Crippen LogP contribution >= 0.6 is 0 Å². The number of hydrogen-bond acceptors (Lipinski definition) is 3.